The summed E-state index contributed by atoms with van der Waals surface area (Å²) in [5.41, 5.74) is 1.24. The average Bonchev–Trinajstić information content (AvgIpc) is 2.48. The summed E-state index contributed by atoms with van der Waals surface area (Å²) in [7, 11) is 0. The summed E-state index contributed by atoms with van der Waals surface area (Å²) in [6.07, 6.45) is 0.953. The molecule has 112 valence electrons. The molecular formula is C16H25NO3. The Balaban J connectivity index is 1.97. The zero-order valence-corrected chi connectivity index (χ0v) is 12.4. The molecule has 1 fully saturated rings. The van der Waals surface area contributed by atoms with Crippen LogP contribution in [-0.4, -0.2) is 48.5 Å². The Bertz CT molecular complexity index is 410. The summed E-state index contributed by atoms with van der Waals surface area (Å²) >= 11 is 0. The predicted octanol–water partition coefficient (Wildman–Crippen LogP) is 2.06. The van der Waals surface area contributed by atoms with Crippen molar-refractivity contribution in [2.24, 2.45) is 0 Å². The number of hydrogen-bond acceptors (Lipinski definition) is 4. The summed E-state index contributed by atoms with van der Waals surface area (Å²) in [5, 5.41) is 9.23. The van der Waals surface area contributed by atoms with Crippen molar-refractivity contribution in [2.75, 3.05) is 26.4 Å². The number of ether oxygens (including phenoxy) is 2. The molecule has 2 unspecified atom stereocenters. The first-order valence-corrected chi connectivity index (χ1v) is 7.41. The number of aliphatic hydroxyl groups excluding tert-OH is 1. The Labute approximate surface area is 121 Å². The molecule has 2 atom stereocenters. The average molecular weight is 279 g/mol. The summed E-state index contributed by atoms with van der Waals surface area (Å²) < 4.78 is 11.2. The van der Waals surface area contributed by atoms with Gasteiger partial charge in [0.25, 0.3) is 0 Å². The molecule has 0 radical (unpaired) electrons. The normalized spacial score (nSPS) is 23.8. The van der Waals surface area contributed by atoms with Gasteiger partial charge in [0.05, 0.1) is 25.9 Å². The summed E-state index contributed by atoms with van der Waals surface area (Å²) in [6.45, 7) is 7.42. The molecule has 2 rings (SSSR count). The third-order valence-electron chi connectivity index (χ3n) is 3.60. The Morgan fingerprint density at radius 2 is 2.30 bits per heavy atom. The van der Waals surface area contributed by atoms with Crippen molar-refractivity contribution in [1.29, 1.82) is 0 Å². The second kappa shape index (κ2) is 7.62. The zero-order chi connectivity index (χ0) is 14.4. The lowest BCUT2D eigenvalue weighted by Crippen LogP contribution is -2.48. The van der Waals surface area contributed by atoms with Crippen LogP contribution in [0.5, 0.6) is 5.75 Å². The van der Waals surface area contributed by atoms with Crippen LogP contribution in [0, 0.1) is 0 Å². The smallest absolute Gasteiger partial charge is 0.119 e. The van der Waals surface area contributed by atoms with Crippen LogP contribution >= 0.6 is 0 Å². The summed E-state index contributed by atoms with van der Waals surface area (Å²) in [6, 6.07) is 8.63. The number of morpholine rings is 1. The van der Waals surface area contributed by atoms with E-state index >= 15 is 0 Å². The lowest BCUT2D eigenvalue weighted by atomic mass is 10.1. The van der Waals surface area contributed by atoms with Crippen LogP contribution in [-0.2, 0) is 11.3 Å². The molecular weight excluding hydrogens is 254 g/mol. The van der Waals surface area contributed by atoms with Gasteiger partial charge in [-0.15, -0.1) is 0 Å². The molecule has 1 N–H and O–H groups in total. The highest BCUT2D eigenvalue weighted by molar-refractivity contribution is 5.28. The molecule has 1 aliphatic rings. The Morgan fingerprint density at radius 3 is 3.05 bits per heavy atom. The van der Waals surface area contributed by atoms with Gasteiger partial charge in [0.2, 0.25) is 0 Å². The third kappa shape index (κ3) is 4.20. The van der Waals surface area contributed by atoms with Crippen LogP contribution < -0.4 is 4.74 Å². The van der Waals surface area contributed by atoms with Gasteiger partial charge in [-0.2, -0.15) is 0 Å². The van der Waals surface area contributed by atoms with Gasteiger partial charge >= 0.3 is 0 Å². The molecule has 0 aromatic heterocycles. The Morgan fingerprint density at radius 1 is 1.45 bits per heavy atom. The van der Waals surface area contributed by atoms with E-state index in [4.69, 9.17) is 9.47 Å². The van der Waals surface area contributed by atoms with E-state index in [1.54, 1.807) is 0 Å². The molecule has 1 aliphatic heterocycles. The van der Waals surface area contributed by atoms with Gasteiger partial charge < -0.3 is 14.6 Å². The van der Waals surface area contributed by atoms with E-state index in [0.29, 0.717) is 12.6 Å². The SMILES string of the molecule is CCCOc1cccc(CN2CC(CO)OCC2C)c1. The summed E-state index contributed by atoms with van der Waals surface area (Å²) in [5.74, 6) is 0.934. The van der Waals surface area contributed by atoms with Crippen LogP contribution in [0.4, 0.5) is 0 Å². The Hall–Kier alpha value is -1.10. The van der Waals surface area contributed by atoms with E-state index in [1.165, 1.54) is 5.56 Å². The molecule has 0 saturated carbocycles. The van der Waals surface area contributed by atoms with Crippen molar-refractivity contribution in [3.63, 3.8) is 0 Å². The third-order valence-corrected chi connectivity index (χ3v) is 3.60. The minimum absolute atomic E-state index is 0.0641. The standard InChI is InChI=1S/C16H25NO3/c1-3-7-19-15-6-4-5-14(8-15)9-17-10-16(11-18)20-12-13(17)2/h4-6,8,13,16,18H,3,7,9-12H2,1-2H3. The van der Waals surface area contributed by atoms with Gasteiger partial charge in [-0.05, 0) is 31.0 Å². The maximum absolute atomic E-state index is 9.23. The zero-order valence-electron chi connectivity index (χ0n) is 12.4. The van der Waals surface area contributed by atoms with Gasteiger partial charge in [-0.3, -0.25) is 4.90 Å². The Kier molecular flexibility index (Phi) is 5.83. The molecule has 0 aliphatic carbocycles. The van der Waals surface area contributed by atoms with E-state index in [-0.39, 0.29) is 12.7 Å². The molecule has 0 amide bonds. The highest BCUT2D eigenvalue weighted by Crippen LogP contribution is 2.19. The first-order chi connectivity index (χ1) is 9.72. The lowest BCUT2D eigenvalue weighted by Gasteiger charge is -2.37. The summed E-state index contributed by atoms with van der Waals surface area (Å²) in [4.78, 5) is 2.35. The second-order valence-corrected chi connectivity index (χ2v) is 5.41. The number of benzene rings is 1. The van der Waals surface area contributed by atoms with Crippen molar-refractivity contribution < 1.29 is 14.6 Å². The van der Waals surface area contributed by atoms with Crippen LogP contribution in [0.25, 0.3) is 0 Å². The topological polar surface area (TPSA) is 41.9 Å². The van der Waals surface area contributed by atoms with Crippen LogP contribution in [0.3, 0.4) is 0 Å². The number of aliphatic hydroxyl groups is 1. The molecule has 1 aromatic carbocycles. The lowest BCUT2D eigenvalue weighted by molar-refractivity contribution is -0.0805. The van der Waals surface area contributed by atoms with E-state index in [0.717, 1.165) is 31.9 Å². The molecule has 1 saturated heterocycles. The van der Waals surface area contributed by atoms with Crippen molar-refractivity contribution >= 4 is 0 Å². The number of nitrogens with zero attached hydrogens (tertiary/aromatic N) is 1. The van der Waals surface area contributed by atoms with Crippen molar-refractivity contribution in [3.05, 3.63) is 29.8 Å². The molecule has 1 aromatic rings. The first-order valence-electron chi connectivity index (χ1n) is 7.41. The predicted molar refractivity (Wildman–Crippen MR) is 78.9 cm³/mol. The highest BCUT2D eigenvalue weighted by Gasteiger charge is 2.25. The highest BCUT2D eigenvalue weighted by atomic mass is 16.5. The van der Waals surface area contributed by atoms with Crippen LogP contribution in [0.1, 0.15) is 25.8 Å². The molecule has 0 bridgehead atoms. The second-order valence-electron chi connectivity index (χ2n) is 5.41. The minimum atomic E-state index is -0.0641. The van der Waals surface area contributed by atoms with Crippen molar-refractivity contribution in [3.8, 4) is 5.75 Å². The molecule has 20 heavy (non-hydrogen) atoms. The van der Waals surface area contributed by atoms with Crippen molar-refractivity contribution in [2.45, 2.75) is 39.0 Å². The minimum Gasteiger partial charge on any atom is -0.494 e. The molecule has 4 nitrogen and oxygen atoms in total. The van der Waals surface area contributed by atoms with E-state index in [1.807, 2.05) is 12.1 Å². The van der Waals surface area contributed by atoms with Crippen LogP contribution in [0.2, 0.25) is 0 Å². The fourth-order valence-electron chi connectivity index (χ4n) is 2.39. The van der Waals surface area contributed by atoms with Crippen LogP contribution in [0.15, 0.2) is 24.3 Å². The first kappa shape index (κ1) is 15.3. The van der Waals surface area contributed by atoms with Gasteiger partial charge in [-0.25, -0.2) is 0 Å². The van der Waals surface area contributed by atoms with Gasteiger partial charge in [0.1, 0.15) is 5.75 Å². The van der Waals surface area contributed by atoms with Gasteiger partial charge in [0, 0.05) is 19.1 Å². The quantitative estimate of drug-likeness (QED) is 0.865. The molecule has 1 heterocycles. The molecule has 4 heteroatoms. The van der Waals surface area contributed by atoms with Gasteiger partial charge in [-0.1, -0.05) is 19.1 Å². The van der Waals surface area contributed by atoms with Gasteiger partial charge in [0.15, 0.2) is 0 Å². The fraction of sp³-hybridized carbons (Fsp3) is 0.625. The van der Waals surface area contributed by atoms with E-state index in [9.17, 15) is 5.11 Å². The maximum Gasteiger partial charge on any atom is 0.119 e. The van der Waals surface area contributed by atoms with E-state index < -0.39 is 0 Å². The number of hydrogen-bond donors (Lipinski definition) is 1. The molecule has 0 spiro atoms. The largest absolute Gasteiger partial charge is 0.494 e. The monoisotopic (exact) mass is 279 g/mol. The van der Waals surface area contributed by atoms with Crippen molar-refractivity contribution in [1.82, 2.24) is 4.90 Å². The maximum atomic E-state index is 9.23. The number of rotatable bonds is 6. The fourth-order valence-corrected chi connectivity index (χ4v) is 2.39. The van der Waals surface area contributed by atoms with E-state index in [2.05, 4.69) is 30.9 Å².